The number of hydrogen-bond donors (Lipinski definition) is 0. The van der Waals surface area contributed by atoms with E-state index in [0.29, 0.717) is 0 Å². The van der Waals surface area contributed by atoms with Gasteiger partial charge in [-0.1, -0.05) is 71.1 Å². The van der Waals surface area contributed by atoms with E-state index >= 15 is 0 Å². The van der Waals surface area contributed by atoms with Gasteiger partial charge < -0.3 is 16.9 Å². The summed E-state index contributed by atoms with van der Waals surface area (Å²) in [6.45, 7) is 4.36. The van der Waals surface area contributed by atoms with E-state index in [9.17, 15) is 10.1 Å². The van der Waals surface area contributed by atoms with Crippen molar-refractivity contribution in [3.63, 3.8) is 0 Å². The minimum absolute atomic E-state index is 0. The molecule has 0 N–H and O–H groups in total. The first kappa shape index (κ1) is 26.9. The molecular formula is C23H41ClN2O2. The van der Waals surface area contributed by atoms with E-state index in [0.717, 1.165) is 17.6 Å². The largest absolute Gasteiger partial charge is 1.00 e. The predicted molar refractivity (Wildman–Crippen MR) is 115 cm³/mol. The Kier molecular flexibility index (Phi) is 15.1. The number of nitrogens with zero attached hydrogens (tertiary/aromatic N) is 2. The molecule has 28 heavy (non-hydrogen) atoms. The second-order valence-electron chi connectivity index (χ2n) is 8.63. The molecule has 0 bridgehead atoms. The Morgan fingerprint density at radius 2 is 1.21 bits per heavy atom. The molecule has 0 atom stereocenters. The van der Waals surface area contributed by atoms with E-state index in [1.54, 1.807) is 12.1 Å². The maximum Gasteiger partial charge on any atom is 0.269 e. The third kappa shape index (κ3) is 13.1. The monoisotopic (exact) mass is 412 g/mol. The fourth-order valence-electron chi connectivity index (χ4n) is 3.68. The van der Waals surface area contributed by atoms with Gasteiger partial charge in [-0.3, -0.25) is 10.1 Å². The van der Waals surface area contributed by atoms with Gasteiger partial charge in [0.15, 0.2) is 0 Å². The SMILES string of the molecule is CCCCCCCCCCCCCC[N+](C)(C)Cc1ccc([N+](=O)[O-])cc1.[Cl-]. The number of quaternary nitrogens is 1. The molecule has 5 heteroatoms. The number of unbranched alkanes of at least 4 members (excludes halogenated alkanes) is 11. The van der Waals surface area contributed by atoms with Crippen LogP contribution in [0.15, 0.2) is 24.3 Å². The molecule has 0 fully saturated rings. The van der Waals surface area contributed by atoms with Crippen LogP contribution in [0.4, 0.5) is 5.69 Å². The van der Waals surface area contributed by atoms with Crippen LogP contribution in [-0.2, 0) is 6.54 Å². The Morgan fingerprint density at radius 1 is 0.786 bits per heavy atom. The van der Waals surface area contributed by atoms with E-state index < -0.39 is 0 Å². The van der Waals surface area contributed by atoms with E-state index in [-0.39, 0.29) is 23.0 Å². The molecule has 0 aliphatic rings. The third-order valence-corrected chi connectivity index (χ3v) is 5.37. The molecule has 162 valence electrons. The van der Waals surface area contributed by atoms with Gasteiger partial charge in [0.1, 0.15) is 6.54 Å². The normalized spacial score (nSPS) is 11.2. The quantitative estimate of drug-likeness (QED) is 0.179. The van der Waals surface area contributed by atoms with E-state index in [1.807, 2.05) is 12.1 Å². The molecule has 0 saturated carbocycles. The fourth-order valence-corrected chi connectivity index (χ4v) is 3.68. The molecule has 0 radical (unpaired) electrons. The summed E-state index contributed by atoms with van der Waals surface area (Å²) in [7, 11) is 4.50. The van der Waals surface area contributed by atoms with Crippen LogP contribution in [0.1, 0.15) is 89.5 Å². The summed E-state index contributed by atoms with van der Waals surface area (Å²) < 4.78 is 0.940. The Labute approximate surface area is 178 Å². The molecule has 0 aliphatic carbocycles. The van der Waals surface area contributed by atoms with Gasteiger partial charge >= 0.3 is 0 Å². The van der Waals surface area contributed by atoms with Crippen molar-refractivity contribution in [2.24, 2.45) is 0 Å². The van der Waals surface area contributed by atoms with Crippen LogP contribution in [0.3, 0.4) is 0 Å². The van der Waals surface area contributed by atoms with Crippen LogP contribution in [0, 0.1) is 10.1 Å². The van der Waals surface area contributed by atoms with Crippen LogP contribution in [0.25, 0.3) is 0 Å². The molecule has 1 rings (SSSR count). The zero-order valence-electron chi connectivity index (χ0n) is 18.3. The lowest BCUT2D eigenvalue weighted by Crippen LogP contribution is -3.00. The van der Waals surface area contributed by atoms with Gasteiger partial charge in [-0.2, -0.15) is 0 Å². The molecule has 0 aromatic heterocycles. The molecule has 1 aromatic rings. The van der Waals surface area contributed by atoms with Crippen molar-refractivity contribution in [2.45, 2.75) is 90.5 Å². The fraction of sp³-hybridized carbons (Fsp3) is 0.739. The maximum atomic E-state index is 10.7. The second-order valence-corrected chi connectivity index (χ2v) is 8.63. The summed E-state index contributed by atoms with van der Waals surface area (Å²) in [6, 6.07) is 7.00. The van der Waals surface area contributed by atoms with Crippen molar-refractivity contribution < 1.29 is 21.8 Å². The molecule has 0 saturated heterocycles. The number of non-ortho nitro benzene ring substituents is 1. The Bertz CT molecular complexity index is 518. The number of nitro groups is 1. The van der Waals surface area contributed by atoms with Gasteiger partial charge in [0.25, 0.3) is 5.69 Å². The summed E-state index contributed by atoms with van der Waals surface area (Å²) in [5.41, 5.74) is 1.34. The summed E-state index contributed by atoms with van der Waals surface area (Å²) in [4.78, 5) is 10.4. The number of hydrogen-bond acceptors (Lipinski definition) is 2. The minimum atomic E-state index is -0.337. The van der Waals surface area contributed by atoms with Crippen molar-refractivity contribution >= 4 is 5.69 Å². The van der Waals surface area contributed by atoms with Gasteiger partial charge in [0.05, 0.1) is 25.6 Å². The van der Waals surface area contributed by atoms with Crippen LogP contribution < -0.4 is 12.4 Å². The molecule has 0 amide bonds. The van der Waals surface area contributed by atoms with Crippen LogP contribution in [0.5, 0.6) is 0 Å². The second kappa shape index (κ2) is 15.8. The number of halogens is 1. The molecule has 0 unspecified atom stereocenters. The highest BCUT2D eigenvalue weighted by molar-refractivity contribution is 5.32. The van der Waals surface area contributed by atoms with E-state index in [1.165, 1.54) is 82.6 Å². The van der Waals surface area contributed by atoms with E-state index in [2.05, 4.69) is 21.0 Å². The van der Waals surface area contributed by atoms with Crippen molar-refractivity contribution in [1.29, 1.82) is 0 Å². The minimum Gasteiger partial charge on any atom is -1.00 e. The lowest BCUT2D eigenvalue weighted by atomic mass is 10.1. The third-order valence-electron chi connectivity index (χ3n) is 5.37. The topological polar surface area (TPSA) is 43.1 Å². The highest BCUT2D eigenvalue weighted by Gasteiger charge is 2.16. The molecule has 0 spiro atoms. The van der Waals surface area contributed by atoms with Gasteiger partial charge in [0.2, 0.25) is 0 Å². The maximum absolute atomic E-state index is 10.7. The molecule has 0 aliphatic heterocycles. The van der Waals surface area contributed by atoms with Gasteiger partial charge in [0, 0.05) is 17.7 Å². The predicted octanol–water partition coefficient (Wildman–Crippen LogP) is 3.88. The Hall–Kier alpha value is -1.13. The molecular weight excluding hydrogens is 372 g/mol. The summed E-state index contributed by atoms with van der Waals surface area (Å²) >= 11 is 0. The van der Waals surface area contributed by atoms with Crippen LogP contribution in [-0.4, -0.2) is 30.0 Å². The zero-order valence-corrected chi connectivity index (χ0v) is 19.1. The first-order chi connectivity index (χ1) is 12.9. The number of benzene rings is 1. The van der Waals surface area contributed by atoms with Crippen molar-refractivity contribution in [2.75, 3.05) is 20.6 Å². The summed E-state index contributed by atoms with van der Waals surface area (Å²) in [5.74, 6) is 0. The van der Waals surface area contributed by atoms with Crippen molar-refractivity contribution in [3.8, 4) is 0 Å². The lowest BCUT2D eigenvalue weighted by Gasteiger charge is -2.30. The first-order valence-electron chi connectivity index (χ1n) is 11.0. The van der Waals surface area contributed by atoms with Crippen LogP contribution in [0.2, 0.25) is 0 Å². The van der Waals surface area contributed by atoms with Gasteiger partial charge in [-0.15, -0.1) is 0 Å². The van der Waals surface area contributed by atoms with Gasteiger partial charge in [-0.25, -0.2) is 0 Å². The highest BCUT2D eigenvalue weighted by atomic mass is 35.5. The smallest absolute Gasteiger partial charge is 0.269 e. The Morgan fingerprint density at radius 3 is 1.64 bits per heavy atom. The van der Waals surface area contributed by atoms with Crippen LogP contribution >= 0.6 is 0 Å². The molecule has 1 aromatic carbocycles. The number of nitro benzene ring substituents is 1. The summed E-state index contributed by atoms with van der Waals surface area (Å²) in [5, 5.41) is 10.7. The van der Waals surface area contributed by atoms with Gasteiger partial charge in [-0.05, 0) is 25.0 Å². The molecule has 4 nitrogen and oxygen atoms in total. The zero-order chi connectivity index (χ0) is 20.0. The van der Waals surface area contributed by atoms with Crippen molar-refractivity contribution in [3.05, 3.63) is 39.9 Å². The summed E-state index contributed by atoms with van der Waals surface area (Å²) in [6.07, 6.45) is 16.6. The first-order valence-corrected chi connectivity index (χ1v) is 11.0. The highest BCUT2D eigenvalue weighted by Crippen LogP contribution is 2.17. The Balaban J connectivity index is 0.00000729. The average molecular weight is 413 g/mol. The van der Waals surface area contributed by atoms with E-state index in [4.69, 9.17) is 0 Å². The number of rotatable bonds is 16. The standard InChI is InChI=1S/C23H41N2O2.ClH/c1-4-5-6-7-8-9-10-11-12-13-14-15-20-25(2,3)21-22-16-18-23(19-17-22)24(26)27;/h16-19H,4-15,20-21H2,1-3H3;1H/q+1;/p-1. The lowest BCUT2D eigenvalue weighted by molar-refractivity contribution is -0.903. The van der Waals surface area contributed by atoms with Crippen molar-refractivity contribution in [1.82, 2.24) is 0 Å². The molecule has 0 heterocycles. The average Bonchev–Trinajstić information content (AvgIpc) is 2.62.